The van der Waals surface area contributed by atoms with E-state index in [1.54, 1.807) is 18.2 Å². The van der Waals surface area contributed by atoms with Gasteiger partial charge in [0.25, 0.3) is 5.91 Å². The van der Waals surface area contributed by atoms with Crippen molar-refractivity contribution in [1.82, 2.24) is 10.2 Å². The predicted molar refractivity (Wildman–Crippen MR) is 106 cm³/mol. The molecule has 3 saturated heterocycles. The van der Waals surface area contributed by atoms with E-state index < -0.39 is 11.6 Å². The molecule has 3 aliphatic heterocycles. The Hall–Kier alpha value is -1.60. The Balaban J connectivity index is 1.32. The van der Waals surface area contributed by atoms with Crippen molar-refractivity contribution in [2.24, 2.45) is 5.92 Å². The van der Waals surface area contributed by atoms with E-state index in [1.165, 1.54) is 11.3 Å². The van der Waals surface area contributed by atoms with Gasteiger partial charge >= 0.3 is 6.18 Å². The number of benzene rings is 1. The third-order valence-electron chi connectivity index (χ3n) is 7.84. The Morgan fingerprint density at radius 1 is 1.14 bits per heavy atom. The quantitative estimate of drug-likeness (QED) is 0.770. The second kappa shape index (κ2) is 5.76. The number of carbonyl (C=O) groups is 1. The zero-order valence-corrected chi connectivity index (χ0v) is 16.8. The number of carbonyl (C=O) groups excluding carboxylic acids is 1. The molecule has 4 heterocycles. The Bertz CT molecular complexity index is 997. The summed E-state index contributed by atoms with van der Waals surface area (Å²) in [5.74, 6) is 0.399. The maximum Gasteiger partial charge on any atom is 0.398 e. The molecule has 1 aromatic carbocycles. The number of hydrogen-bond acceptors (Lipinski definition) is 3. The van der Waals surface area contributed by atoms with Crippen LogP contribution in [0.4, 0.5) is 13.2 Å². The number of thiophene rings is 1. The number of hydrogen-bond donors (Lipinski definition) is 1. The van der Waals surface area contributed by atoms with Gasteiger partial charge in [-0.05, 0) is 74.5 Å². The van der Waals surface area contributed by atoms with Crippen LogP contribution in [-0.4, -0.2) is 41.7 Å². The highest BCUT2D eigenvalue weighted by Gasteiger charge is 2.65. The van der Waals surface area contributed by atoms with Gasteiger partial charge in [-0.2, -0.15) is 13.2 Å². The Morgan fingerprint density at radius 2 is 1.86 bits per heavy atom. The summed E-state index contributed by atoms with van der Waals surface area (Å²) < 4.78 is 41.7. The summed E-state index contributed by atoms with van der Waals surface area (Å²) >= 11 is 1.22. The highest BCUT2D eigenvalue weighted by molar-refractivity contribution is 7.21. The molecule has 7 heteroatoms. The minimum absolute atomic E-state index is 0.126. The third-order valence-corrected chi connectivity index (χ3v) is 9.03. The SMILES string of the molecule is O=C(N[C@H]1C2CCN(CC2)C12CC2)c1cc2cccc(C3(C(F)(F)F)CC3)c2s1. The summed E-state index contributed by atoms with van der Waals surface area (Å²) in [6, 6.07) is 7.03. The van der Waals surface area contributed by atoms with Crippen molar-refractivity contribution in [2.75, 3.05) is 13.1 Å². The fourth-order valence-corrected chi connectivity index (χ4v) is 7.09. The van der Waals surface area contributed by atoms with Crippen LogP contribution >= 0.6 is 11.3 Å². The molecule has 1 atom stereocenters. The van der Waals surface area contributed by atoms with Gasteiger partial charge in [0, 0.05) is 10.2 Å². The molecule has 2 aromatic rings. The molecule has 29 heavy (non-hydrogen) atoms. The van der Waals surface area contributed by atoms with Gasteiger partial charge in [-0.25, -0.2) is 0 Å². The van der Waals surface area contributed by atoms with Gasteiger partial charge < -0.3 is 5.32 Å². The maximum atomic E-state index is 13.7. The zero-order chi connectivity index (χ0) is 20.0. The smallest absolute Gasteiger partial charge is 0.346 e. The number of nitrogens with one attached hydrogen (secondary N) is 1. The first kappa shape index (κ1) is 18.2. The number of nitrogens with zero attached hydrogens (tertiary/aromatic N) is 1. The van der Waals surface area contributed by atoms with E-state index in [4.69, 9.17) is 0 Å². The van der Waals surface area contributed by atoms with Gasteiger partial charge in [0.2, 0.25) is 0 Å². The molecule has 7 rings (SSSR count). The highest BCUT2D eigenvalue weighted by Crippen LogP contribution is 2.60. The molecular formula is C22H23F3N2OS. The number of fused-ring (bicyclic) bond motifs is 3. The molecule has 5 fully saturated rings. The Kier molecular flexibility index (Phi) is 3.61. The first-order valence-electron chi connectivity index (χ1n) is 10.5. The van der Waals surface area contributed by atoms with Crippen molar-refractivity contribution in [3.05, 3.63) is 34.7 Å². The van der Waals surface area contributed by atoms with Gasteiger partial charge in [-0.15, -0.1) is 11.3 Å². The van der Waals surface area contributed by atoms with E-state index in [1.807, 2.05) is 6.07 Å². The molecule has 5 aliphatic rings. The monoisotopic (exact) mass is 420 g/mol. The summed E-state index contributed by atoms with van der Waals surface area (Å²) in [5.41, 5.74) is -1.24. The molecule has 1 spiro atoms. The molecule has 2 bridgehead atoms. The minimum Gasteiger partial charge on any atom is -0.346 e. The molecule has 154 valence electrons. The topological polar surface area (TPSA) is 32.3 Å². The fourth-order valence-electron chi connectivity index (χ4n) is 5.92. The number of rotatable bonds is 3. The lowest BCUT2D eigenvalue weighted by molar-refractivity contribution is -0.160. The van der Waals surface area contributed by atoms with Gasteiger partial charge in [-0.3, -0.25) is 9.69 Å². The minimum atomic E-state index is -4.25. The average Bonchev–Trinajstić information content (AvgIpc) is 3.61. The summed E-state index contributed by atoms with van der Waals surface area (Å²) in [7, 11) is 0. The molecular weight excluding hydrogens is 397 g/mol. The van der Waals surface area contributed by atoms with E-state index in [2.05, 4.69) is 10.2 Å². The molecule has 1 aromatic heterocycles. The molecule has 2 aliphatic carbocycles. The normalized spacial score (nSPS) is 31.2. The van der Waals surface area contributed by atoms with Crippen LogP contribution in [0.15, 0.2) is 24.3 Å². The van der Waals surface area contributed by atoms with E-state index in [0.717, 1.165) is 44.2 Å². The first-order chi connectivity index (χ1) is 13.8. The van der Waals surface area contributed by atoms with E-state index in [0.29, 0.717) is 21.1 Å². The van der Waals surface area contributed by atoms with Crippen molar-refractivity contribution < 1.29 is 18.0 Å². The van der Waals surface area contributed by atoms with Gasteiger partial charge in [0.05, 0.1) is 16.3 Å². The lowest BCUT2D eigenvalue weighted by Crippen LogP contribution is -2.65. The third kappa shape index (κ3) is 2.49. The van der Waals surface area contributed by atoms with E-state index >= 15 is 0 Å². The highest BCUT2D eigenvalue weighted by atomic mass is 32.1. The maximum absolute atomic E-state index is 13.7. The van der Waals surface area contributed by atoms with E-state index in [9.17, 15) is 18.0 Å². The van der Waals surface area contributed by atoms with Gasteiger partial charge in [0.15, 0.2) is 0 Å². The lowest BCUT2D eigenvalue weighted by Gasteiger charge is -2.52. The van der Waals surface area contributed by atoms with Crippen molar-refractivity contribution in [3.8, 4) is 0 Å². The Labute approximate surface area is 171 Å². The molecule has 3 nitrogen and oxygen atoms in total. The second-order valence-electron chi connectivity index (χ2n) is 9.29. The molecule has 0 radical (unpaired) electrons. The van der Waals surface area contributed by atoms with Crippen LogP contribution in [-0.2, 0) is 5.41 Å². The number of halogens is 3. The number of amides is 1. The second-order valence-corrected chi connectivity index (χ2v) is 10.3. The largest absolute Gasteiger partial charge is 0.398 e. The van der Waals surface area contributed by atoms with Crippen molar-refractivity contribution in [2.45, 2.75) is 61.7 Å². The lowest BCUT2D eigenvalue weighted by atomic mass is 9.77. The summed E-state index contributed by atoms with van der Waals surface area (Å²) in [4.78, 5) is 16.2. The summed E-state index contributed by atoms with van der Waals surface area (Å²) in [5, 5.41) is 4.03. The van der Waals surface area contributed by atoms with Gasteiger partial charge in [-0.1, -0.05) is 18.2 Å². The molecule has 1 N–H and O–H groups in total. The Morgan fingerprint density at radius 3 is 2.48 bits per heavy atom. The van der Waals surface area contributed by atoms with Crippen LogP contribution in [0, 0.1) is 5.92 Å². The van der Waals surface area contributed by atoms with Crippen molar-refractivity contribution in [1.29, 1.82) is 0 Å². The number of alkyl halides is 3. The summed E-state index contributed by atoms with van der Waals surface area (Å²) in [6.07, 6.45) is 0.545. The summed E-state index contributed by atoms with van der Waals surface area (Å²) in [6.45, 7) is 2.26. The van der Waals surface area contributed by atoms with Crippen molar-refractivity contribution >= 4 is 27.3 Å². The van der Waals surface area contributed by atoms with Crippen LogP contribution in [0.1, 0.15) is 53.8 Å². The van der Waals surface area contributed by atoms with Crippen LogP contribution in [0.2, 0.25) is 0 Å². The van der Waals surface area contributed by atoms with Crippen LogP contribution in [0.3, 0.4) is 0 Å². The first-order valence-corrected chi connectivity index (χ1v) is 11.3. The number of piperidine rings is 3. The average molecular weight is 421 g/mol. The zero-order valence-electron chi connectivity index (χ0n) is 16.0. The van der Waals surface area contributed by atoms with Crippen LogP contribution < -0.4 is 5.32 Å². The van der Waals surface area contributed by atoms with Crippen LogP contribution in [0.5, 0.6) is 0 Å². The molecule has 1 amide bonds. The molecule has 0 unspecified atom stereocenters. The fraction of sp³-hybridized carbons (Fsp3) is 0.591. The van der Waals surface area contributed by atoms with Crippen LogP contribution in [0.25, 0.3) is 10.1 Å². The van der Waals surface area contributed by atoms with Gasteiger partial charge in [0.1, 0.15) is 0 Å². The van der Waals surface area contributed by atoms with Crippen molar-refractivity contribution in [3.63, 3.8) is 0 Å². The predicted octanol–water partition coefficient (Wildman–Crippen LogP) is 4.85. The standard InChI is InChI=1S/C22H23F3N2OS/c23-22(24,25)20(6-7-20)15-3-1-2-14-12-16(29-17(14)15)19(28)26-18-13-4-10-27(11-5-13)21(18)8-9-21/h1-3,12-13,18H,4-11H2,(H,26,28)/t18-/m0/s1. The van der Waals surface area contributed by atoms with E-state index in [-0.39, 0.29) is 30.3 Å². The molecule has 2 saturated carbocycles.